The Balaban J connectivity index is 1.90. The maximum atomic E-state index is 12.3. The van der Waals surface area contributed by atoms with Gasteiger partial charge in [-0.05, 0) is 31.5 Å². The Kier molecular flexibility index (Phi) is 5.35. The van der Waals surface area contributed by atoms with Crippen LogP contribution in [0.3, 0.4) is 0 Å². The Hall–Kier alpha value is -2.32. The number of benzene rings is 1. The van der Waals surface area contributed by atoms with Gasteiger partial charge < -0.3 is 10.6 Å². The monoisotopic (exact) mass is 285 g/mol. The molecular formula is C16H19N3O2. The van der Waals surface area contributed by atoms with Gasteiger partial charge in [-0.2, -0.15) is 0 Å². The third-order valence-corrected chi connectivity index (χ3v) is 3.44. The molecule has 5 heteroatoms. The quantitative estimate of drug-likeness (QED) is 0.788. The van der Waals surface area contributed by atoms with Crippen LogP contribution in [0.15, 0.2) is 30.3 Å². The highest BCUT2D eigenvalue weighted by atomic mass is 16.2. The van der Waals surface area contributed by atoms with Crippen molar-refractivity contribution in [3.8, 4) is 12.3 Å². The molecule has 0 saturated carbocycles. The van der Waals surface area contributed by atoms with Crippen LogP contribution in [0.25, 0.3) is 0 Å². The zero-order valence-electron chi connectivity index (χ0n) is 11.8. The normalized spacial score (nSPS) is 18.0. The number of carbonyl (C=O) groups is 2. The first-order valence-electron chi connectivity index (χ1n) is 7.01. The highest BCUT2D eigenvalue weighted by Gasteiger charge is 2.31. The number of carbonyl (C=O) groups excluding carboxylic acids is 2. The van der Waals surface area contributed by atoms with Gasteiger partial charge in [0.15, 0.2) is 0 Å². The molecule has 1 atom stereocenters. The van der Waals surface area contributed by atoms with Gasteiger partial charge in [-0.25, -0.2) is 0 Å². The Morgan fingerprint density at radius 3 is 2.81 bits per heavy atom. The lowest BCUT2D eigenvalue weighted by atomic mass is 10.2. The van der Waals surface area contributed by atoms with Gasteiger partial charge in [0.05, 0.1) is 19.1 Å². The Morgan fingerprint density at radius 2 is 2.10 bits per heavy atom. The molecule has 0 bridgehead atoms. The molecule has 21 heavy (non-hydrogen) atoms. The maximum absolute atomic E-state index is 12.3. The van der Waals surface area contributed by atoms with Crippen LogP contribution >= 0.6 is 0 Å². The smallest absolute Gasteiger partial charge is 0.241 e. The molecule has 1 unspecified atom stereocenters. The Bertz CT molecular complexity index is 536. The predicted octanol–water partition coefficient (Wildman–Crippen LogP) is 0.839. The number of nitrogens with one attached hydrogen (secondary N) is 2. The van der Waals surface area contributed by atoms with Crippen LogP contribution in [0.5, 0.6) is 0 Å². The molecule has 1 aliphatic rings. The van der Waals surface area contributed by atoms with Crippen LogP contribution in [0.2, 0.25) is 0 Å². The first-order chi connectivity index (χ1) is 10.2. The summed E-state index contributed by atoms with van der Waals surface area (Å²) in [6, 6.07) is 9.06. The van der Waals surface area contributed by atoms with Crippen molar-refractivity contribution in [2.24, 2.45) is 0 Å². The summed E-state index contributed by atoms with van der Waals surface area (Å²) in [7, 11) is 0. The van der Waals surface area contributed by atoms with E-state index in [0.29, 0.717) is 0 Å². The molecular weight excluding hydrogens is 266 g/mol. The van der Waals surface area contributed by atoms with Crippen molar-refractivity contribution in [3.05, 3.63) is 30.3 Å². The minimum absolute atomic E-state index is 0.0663. The van der Waals surface area contributed by atoms with Crippen LogP contribution in [-0.4, -0.2) is 42.4 Å². The summed E-state index contributed by atoms with van der Waals surface area (Å²) in [5.41, 5.74) is 0.770. The molecule has 0 spiro atoms. The number of hydrogen-bond donors (Lipinski definition) is 2. The number of hydrogen-bond acceptors (Lipinski definition) is 3. The first-order valence-corrected chi connectivity index (χ1v) is 7.01. The number of nitrogens with zero attached hydrogens (tertiary/aromatic N) is 1. The molecule has 1 aromatic rings. The molecule has 2 N–H and O–H groups in total. The van der Waals surface area contributed by atoms with E-state index in [1.165, 1.54) is 0 Å². The fourth-order valence-electron chi connectivity index (χ4n) is 2.45. The number of amides is 2. The number of terminal acetylenes is 1. The van der Waals surface area contributed by atoms with Crippen molar-refractivity contribution >= 4 is 17.5 Å². The van der Waals surface area contributed by atoms with Crippen LogP contribution in [0.4, 0.5) is 5.69 Å². The zero-order valence-corrected chi connectivity index (χ0v) is 11.8. The SMILES string of the molecule is C#CCNC(=O)CN1CCCC1C(=O)Nc1ccccc1. The zero-order chi connectivity index (χ0) is 15.1. The van der Waals surface area contributed by atoms with Crippen LogP contribution in [0, 0.1) is 12.3 Å². The van der Waals surface area contributed by atoms with Gasteiger partial charge in [-0.1, -0.05) is 24.1 Å². The largest absolute Gasteiger partial charge is 0.344 e. The van der Waals surface area contributed by atoms with E-state index in [9.17, 15) is 9.59 Å². The topological polar surface area (TPSA) is 61.4 Å². The second-order valence-corrected chi connectivity index (χ2v) is 4.96. The first kappa shape index (κ1) is 15.1. The summed E-state index contributed by atoms with van der Waals surface area (Å²) in [4.78, 5) is 25.9. The van der Waals surface area contributed by atoms with E-state index in [-0.39, 0.29) is 30.9 Å². The van der Waals surface area contributed by atoms with Gasteiger partial charge in [-0.3, -0.25) is 14.5 Å². The number of rotatable bonds is 5. The molecule has 1 aliphatic heterocycles. The maximum Gasteiger partial charge on any atom is 0.241 e. The molecule has 0 radical (unpaired) electrons. The fourth-order valence-corrected chi connectivity index (χ4v) is 2.45. The summed E-state index contributed by atoms with van der Waals surface area (Å²) in [6.07, 6.45) is 6.78. The van der Waals surface area contributed by atoms with Crippen molar-refractivity contribution in [1.82, 2.24) is 10.2 Å². The van der Waals surface area contributed by atoms with Gasteiger partial charge in [0.1, 0.15) is 0 Å². The number of anilines is 1. The van der Waals surface area contributed by atoms with Crippen molar-refractivity contribution in [1.29, 1.82) is 0 Å². The minimum Gasteiger partial charge on any atom is -0.344 e. The van der Waals surface area contributed by atoms with Crippen molar-refractivity contribution in [2.45, 2.75) is 18.9 Å². The predicted molar refractivity (Wildman–Crippen MR) is 81.5 cm³/mol. The summed E-state index contributed by atoms with van der Waals surface area (Å²) < 4.78 is 0. The van der Waals surface area contributed by atoms with Crippen LogP contribution in [-0.2, 0) is 9.59 Å². The highest BCUT2D eigenvalue weighted by molar-refractivity contribution is 5.95. The molecule has 110 valence electrons. The van der Waals surface area contributed by atoms with E-state index in [2.05, 4.69) is 16.6 Å². The Morgan fingerprint density at radius 1 is 1.33 bits per heavy atom. The summed E-state index contributed by atoms with van der Waals surface area (Å²) in [5.74, 6) is 2.15. The Labute approximate surface area is 124 Å². The van der Waals surface area contributed by atoms with Crippen molar-refractivity contribution < 1.29 is 9.59 Å². The summed E-state index contributed by atoms with van der Waals surface area (Å²) in [5, 5.41) is 5.51. The lowest BCUT2D eigenvalue weighted by Crippen LogP contribution is -2.45. The molecule has 5 nitrogen and oxygen atoms in total. The molecule has 1 fully saturated rings. The lowest BCUT2D eigenvalue weighted by molar-refractivity contribution is -0.124. The third kappa shape index (κ3) is 4.33. The van der Waals surface area contributed by atoms with Gasteiger partial charge in [-0.15, -0.1) is 6.42 Å². The van der Waals surface area contributed by atoms with E-state index in [4.69, 9.17) is 6.42 Å². The lowest BCUT2D eigenvalue weighted by Gasteiger charge is -2.22. The average Bonchev–Trinajstić information content (AvgIpc) is 2.94. The van der Waals surface area contributed by atoms with E-state index >= 15 is 0 Å². The standard InChI is InChI=1S/C16H19N3O2/c1-2-10-17-15(20)12-19-11-6-9-14(19)16(21)18-13-7-4-3-5-8-13/h1,3-5,7-8,14H,6,9-12H2,(H,17,20)(H,18,21). The van der Waals surface area contributed by atoms with E-state index in [0.717, 1.165) is 25.1 Å². The number of para-hydroxylation sites is 1. The van der Waals surface area contributed by atoms with Gasteiger partial charge in [0.2, 0.25) is 11.8 Å². The van der Waals surface area contributed by atoms with E-state index in [1.807, 2.05) is 35.2 Å². The minimum atomic E-state index is -0.262. The van der Waals surface area contributed by atoms with Crippen molar-refractivity contribution in [3.63, 3.8) is 0 Å². The van der Waals surface area contributed by atoms with Crippen LogP contribution in [0.1, 0.15) is 12.8 Å². The van der Waals surface area contributed by atoms with Gasteiger partial charge >= 0.3 is 0 Å². The molecule has 1 aromatic carbocycles. The van der Waals surface area contributed by atoms with Crippen molar-refractivity contribution in [2.75, 3.05) is 25.0 Å². The molecule has 0 aliphatic carbocycles. The summed E-state index contributed by atoms with van der Waals surface area (Å²) >= 11 is 0. The van der Waals surface area contributed by atoms with Gasteiger partial charge in [0, 0.05) is 5.69 Å². The second kappa shape index (κ2) is 7.46. The molecule has 2 amide bonds. The summed E-state index contributed by atoms with van der Waals surface area (Å²) in [6.45, 7) is 1.17. The van der Waals surface area contributed by atoms with E-state index < -0.39 is 0 Å². The average molecular weight is 285 g/mol. The van der Waals surface area contributed by atoms with Gasteiger partial charge in [0.25, 0.3) is 0 Å². The molecule has 1 saturated heterocycles. The molecule has 0 aromatic heterocycles. The third-order valence-electron chi connectivity index (χ3n) is 3.44. The highest BCUT2D eigenvalue weighted by Crippen LogP contribution is 2.18. The molecule has 2 rings (SSSR count). The van der Waals surface area contributed by atoms with E-state index in [1.54, 1.807) is 0 Å². The second-order valence-electron chi connectivity index (χ2n) is 4.96. The fraction of sp³-hybridized carbons (Fsp3) is 0.375. The number of likely N-dealkylation sites (tertiary alicyclic amines) is 1. The molecule has 1 heterocycles. The van der Waals surface area contributed by atoms with Crippen LogP contribution < -0.4 is 10.6 Å².